The monoisotopic (exact) mass is 377 g/mol. The van der Waals surface area contributed by atoms with Crippen molar-refractivity contribution in [3.8, 4) is 23.3 Å². The smallest absolute Gasteiger partial charge is 0.271 e. The van der Waals surface area contributed by atoms with Gasteiger partial charge in [-0.1, -0.05) is 0 Å². The highest BCUT2D eigenvalue weighted by atomic mass is 16.5. The molecule has 0 fully saturated rings. The van der Waals surface area contributed by atoms with Gasteiger partial charge in [0.05, 0.1) is 19.0 Å². The van der Waals surface area contributed by atoms with Gasteiger partial charge in [0.1, 0.15) is 12.4 Å². The highest BCUT2D eigenvalue weighted by molar-refractivity contribution is 5.95. The van der Waals surface area contributed by atoms with Crippen molar-refractivity contribution in [1.29, 1.82) is 5.26 Å². The largest absolute Gasteiger partial charge is 0.493 e. The summed E-state index contributed by atoms with van der Waals surface area (Å²) in [4.78, 5) is 12.2. The van der Waals surface area contributed by atoms with Gasteiger partial charge in [-0.15, -0.1) is 5.10 Å². The van der Waals surface area contributed by atoms with Crippen LogP contribution >= 0.6 is 0 Å². The van der Waals surface area contributed by atoms with E-state index in [1.807, 2.05) is 6.07 Å². The van der Waals surface area contributed by atoms with Crippen LogP contribution in [0.5, 0.6) is 11.5 Å². The molecular weight excluding hydrogens is 362 g/mol. The first-order valence-corrected chi connectivity index (χ1v) is 8.06. The van der Waals surface area contributed by atoms with Crippen molar-refractivity contribution in [2.45, 2.75) is 0 Å². The molecule has 0 unspecified atom stereocenters. The summed E-state index contributed by atoms with van der Waals surface area (Å²) in [5.41, 5.74) is 4.32. The molecule has 0 aliphatic rings. The van der Waals surface area contributed by atoms with Crippen LogP contribution in [0.1, 0.15) is 15.9 Å². The first-order chi connectivity index (χ1) is 13.7. The Morgan fingerprint density at radius 1 is 1.29 bits per heavy atom. The van der Waals surface area contributed by atoms with Gasteiger partial charge in [0.2, 0.25) is 0 Å². The second kappa shape index (κ2) is 8.91. The van der Waals surface area contributed by atoms with Crippen LogP contribution < -0.4 is 14.9 Å². The molecule has 0 saturated heterocycles. The van der Waals surface area contributed by atoms with Crippen LogP contribution in [0.4, 0.5) is 0 Å². The number of amides is 1. The zero-order valence-electron chi connectivity index (χ0n) is 14.8. The number of nitrogens with one attached hydrogen (secondary N) is 1. The highest BCUT2D eigenvalue weighted by Crippen LogP contribution is 2.27. The lowest BCUT2D eigenvalue weighted by atomic mass is 10.2. The van der Waals surface area contributed by atoms with Gasteiger partial charge >= 0.3 is 0 Å². The maximum Gasteiger partial charge on any atom is 0.271 e. The van der Waals surface area contributed by atoms with Gasteiger partial charge in [-0.05, 0) is 58.5 Å². The minimum atomic E-state index is -0.361. The van der Waals surface area contributed by atoms with Gasteiger partial charge in [0.25, 0.3) is 5.91 Å². The van der Waals surface area contributed by atoms with Gasteiger partial charge in [-0.3, -0.25) is 4.79 Å². The number of tetrazole rings is 1. The quantitative estimate of drug-likeness (QED) is 0.486. The number of carbonyl (C=O) groups is 1. The average Bonchev–Trinajstić information content (AvgIpc) is 3.27. The Bertz CT molecular complexity index is 1010. The van der Waals surface area contributed by atoms with Crippen molar-refractivity contribution < 1.29 is 14.3 Å². The lowest BCUT2D eigenvalue weighted by molar-refractivity contribution is 0.0955. The molecule has 10 nitrogen and oxygen atoms in total. The van der Waals surface area contributed by atoms with Crippen LogP contribution in [0.2, 0.25) is 0 Å². The second-order valence-electron chi connectivity index (χ2n) is 5.36. The number of ether oxygens (including phenoxy) is 2. The fourth-order valence-corrected chi connectivity index (χ4v) is 2.27. The van der Waals surface area contributed by atoms with Crippen LogP contribution in [0.15, 0.2) is 53.9 Å². The van der Waals surface area contributed by atoms with E-state index in [-0.39, 0.29) is 12.5 Å². The van der Waals surface area contributed by atoms with Gasteiger partial charge < -0.3 is 9.47 Å². The Kier molecular flexibility index (Phi) is 5.89. The SMILES string of the molecule is COc1cc(/C=N/NC(=O)c2ccc(-n3cnnn3)cc2)ccc1OCC#N. The highest BCUT2D eigenvalue weighted by Gasteiger charge is 2.07. The number of hydrogen-bond acceptors (Lipinski definition) is 8. The fourth-order valence-electron chi connectivity index (χ4n) is 2.27. The minimum absolute atomic E-state index is 0.0773. The van der Waals surface area contributed by atoms with E-state index in [0.29, 0.717) is 22.6 Å². The van der Waals surface area contributed by atoms with Crippen molar-refractivity contribution >= 4 is 12.1 Å². The summed E-state index contributed by atoms with van der Waals surface area (Å²) in [7, 11) is 1.50. The zero-order chi connectivity index (χ0) is 19.8. The number of rotatable bonds is 7. The Hall–Kier alpha value is -4.26. The number of methoxy groups -OCH3 is 1. The third kappa shape index (κ3) is 4.47. The number of carbonyl (C=O) groups excluding carboxylic acids is 1. The molecule has 28 heavy (non-hydrogen) atoms. The van der Waals surface area contributed by atoms with Crippen LogP contribution in [-0.2, 0) is 0 Å². The summed E-state index contributed by atoms with van der Waals surface area (Å²) in [6.45, 7) is -0.0773. The van der Waals surface area contributed by atoms with Crippen molar-refractivity contribution in [2.75, 3.05) is 13.7 Å². The Morgan fingerprint density at radius 2 is 2.11 bits per heavy atom. The van der Waals surface area contributed by atoms with E-state index in [9.17, 15) is 4.79 Å². The molecule has 2 aromatic carbocycles. The standard InChI is InChI=1S/C18H15N7O3/c1-27-17-10-13(2-7-16(17)28-9-8-19)11-20-22-18(26)14-3-5-15(6-4-14)25-12-21-23-24-25/h2-7,10-12H,9H2,1H3,(H,22,26)/b20-11+. The third-order valence-corrected chi connectivity index (χ3v) is 3.60. The molecule has 0 radical (unpaired) electrons. The number of hydrogen-bond donors (Lipinski definition) is 1. The molecule has 3 aromatic rings. The van der Waals surface area contributed by atoms with Crippen molar-refractivity contribution in [2.24, 2.45) is 5.10 Å². The average molecular weight is 377 g/mol. The first-order valence-electron chi connectivity index (χ1n) is 8.06. The number of hydrazone groups is 1. The summed E-state index contributed by atoms with van der Waals surface area (Å²) in [5, 5.41) is 23.4. The topological polar surface area (TPSA) is 127 Å². The molecule has 140 valence electrons. The number of nitriles is 1. The molecule has 10 heteroatoms. The molecule has 1 N–H and O–H groups in total. The molecule has 1 aromatic heterocycles. The lowest BCUT2D eigenvalue weighted by Crippen LogP contribution is -2.17. The lowest BCUT2D eigenvalue weighted by Gasteiger charge is -2.08. The van der Waals surface area contributed by atoms with E-state index in [1.165, 1.54) is 24.3 Å². The van der Waals surface area contributed by atoms with Crippen LogP contribution in [-0.4, -0.2) is 46.0 Å². The third-order valence-electron chi connectivity index (χ3n) is 3.60. The number of benzene rings is 2. The van der Waals surface area contributed by atoms with Crippen LogP contribution in [0.25, 0.3) is 5.69 Å². The van der Waals surface area contributed by atoms with Crippen molar-refractivity contribution in [1.82, 2.24) is 25.6 Å². The molecule has 3 rings (SSSR count). The van der Waals surface area contributed by atoms with E-state index in [1.54, 1.807) is 42.5 Å². The Labute approximate surface area is 160 Å². The van der Waals surface area contributed by atoms with Crippen LogP contribution in [0.3, 0.4) is 0 Å². The van der Waals surface area contributed by atoms with E-state index in [0.717, 1.165) is 5.69 Å². The van der Waals surface area contributed by atoms with Crippen LogP contribution in [0, 0.1) is 11.3 Å². The summed E-state index contributed by atoms with van der Waals surface area (Å²) < 4.78 is 12.0. The predicted octanol–water partition coefficient (Wildman–Crippen LogP) is 1.34. The molecule has 0 saturated carbocycles. The number of aromatic nitrogens is 4. The van der Waals surface area contributed by atoms with E-state index in [4.69, 9.17) is 14.7 Å². The normalized spacial score (nSPS) is 10.4. The predicted molar refractivity (Wildman–Crippen MR) is 98.3 cm³/mol. The van der Waals surface area contributed by atoms with Gasteiger partial charge in [0.15, 0.2) is 18.1 Å². The molecule has 0 aliphatic carbocycles. The summed E-state index contributed by atoms with van der Waals surface area (Å²) >= 11 is 0. The molecule has 0 spiro atoms. The minimum Gasteiger partial charge on any atom is -0.493 e. The Balaban J connectivity index is 1.62. The van der Waals surface area contributed by atoms with E-state index >= 15 is 0 Å². The van der Waals surface area contributed by atoms with E-state index in [2.05, 4.69) is 26.1 Å². The summed E-state index contributed by atoms with van der Waals surface area (Å²) in [6, 6.07) is 13.7. The summed E-state index contributed by atoms with van der Waals surface area (Å²) in [5.74, 6) is 0.553. The van der Waals surface area contributed by atoms with Gasteiger partial charge in [-0.25, -0.2) is 10.1 Å². The molecule has 0 aliphatic heterocycles. The van der Waals surface area contributed by atoms with E-state index < -0.39 is 0 Å². The maximum atomic E-state index is 12.2. The second-order valence-corrected chi connectivity index (χ2v) is 5.36. The number of nitrogens with zero attached hydrogens (tertiary/aromatic N) is 6. The maximum absolute atomic E-state index is 12.2. The van der Waals surface area contributed by atoms with Gasteiger partial charge in [-0.2, -0.15) is 10.4 Å². The van der Waals surface area contributed by atoms with Gasteiger partial charge in [0, 0.05) is 5.56 Å². The van der Waals surface area contributed by atoms with Crippen molar-refractivity contribution in [3.05, 3.63) is 59.9 Å². The Morgan fingerprint density at radius 3 is 2.79 bits per heavy atom. The molecule has 0 bridgehead atoms. The molecule has 1 heterocycles. The first kappa shape index (κ1) is 18.5. The molecule has 0 atom stereocenters. The zero-order valence-corrected chi connectivity index (χ0v) is 14.8. The summed E-state index contributed by atoms with van der Waals surface area (Å²) in [6.07, 6.45) is 2.94. The molecule has 1 amide bonds. The fraction of sp³-hybridized carbons (Fsp3) is 0.111. The molecular formula is C18H15N7O3. The van der Waals surface area contributed by atoms with Crippen molar-refractivity contribution in [3.63, 3.8) is 0 Å².